The van der Waals surface area contributed by atoms with Gasteiger partial charge in [0, 0.05) is 20.1 Å². The number of aryl methyl sites for hydroxylation is 1. The third kappa shape index (κ3) is 3.29. The molecule has 0 spiro atoms. The van der Waals surface area contributed by atoms with E-state index >= 15 is 0 Å². The van der Waals surface area contributed by atoms with Crippen LogP contribution >= 0.6 is 12.4 Å². The molecule has 0 radical (unpaired) electrons. The molecule has 1 amide bonds. The van der Waals surface area contributed by atoms with Gasteiger partial charge in [0.1, 0.15) is 0 Å². The van der Waals surface area contributed by atoms with Gasteiger partial charge in [-0.05, 0) is 30.9 Å². The van der Waals surface area contributed by atoms with Crippen molar-refractivity contribution in [2.45, 2.75) is 31.8 Å². The van der Waals surface area contributed by atoms with Crippen LogP contribution in [0.1, 0.15) is 30.5 Å². The van der Waals surface area contributed by atoms with Crippen LogP contribution in [0.4, 0.5) is 0 Å². The first-order valence-corrected chi connectivity index (χ1v) is 7.85. The minimum Gasteiger partial charge on any atom is -0.379 e. The standard InChI is InChI=1S/C17H24N2O2.ClH/c1-13(19-9-11-21-12-10-19)17(20)18(2)16-8-7-14-5-3-4-6-15(14)16;/h3-6,13,16H,7-12H2,1-2H3;1H. The van der Waals surface area contributed by atoms with Gasteiger partial charge in [0.05, 0.1) is 25.3 Å². The van der Waals surface area contributed by atoms with Gasteiger partial charge in [-0.25, -0.2) is 0 Å². The van der Waals surface area contributed by atoms with E-state index in [0.717, 1.165) is 39.1 Å². The Morgan fingerprint density at radius 1 is 1.32 bits per heavy atom. The third-order valence-corrected chi connectivity index (χ3v) is 4.87. The van der Waals surface area contributed by atoms with E-state index < -0.39 is 0 Å². The number of amides is 1. The van der Waals surface area contributed by atoms with Crippen molar-refractivity contribution in [1.29, 1.82) is 0 Å². The molecule has 1 saturated heterocycles. The summed E-state index contributed by atoms with van der Waals surface area (Å²) in [7, 11) is 1.95. The maximum Gasteiger partial charge on any atom is 0.239 e. The van der Waals surface area contributed by atoms with E-state index in [9.17, 15) is 4.79 Å². The van der Waals surface area contributed by atoms with E-state index in [1.807, 2.05) is 18.9 Å². The van der Waals surface area contributed by atoms with Gasteiger partial charge in [-0.1, -0.05) is 24.3 Å². The zero-order chi connectivity index (χ0) is 14.8. The molecule has 1 fully saturated rings. The summed E-state index contributed by atoms with van der Waals surface area (Å²) in [6, 6.07) is 8.67. The highest BCUT2D eigenvalue weighted by molar-refractivity contribution is 5.85. The van der Waals surface area contributed by atoms with Gasteiger partial charge in [0.15, 0.2) is 0 Å². The van der Waals surface area contributed by atoms with Gasteiger partial charge in [-0.3, -0.25) is 9.69 Å². The summed E-state index contributed by atoms with van der Waals surface area (Å²) in [5.41, 5.74) is 2.71. The normalized spacial score (nSPS) is 22.5. The number of benzene rings is 1. The van der Waals surface area contributed by atoms with E-state index in [4.69, 9.17) is 4.74 Å². The van der Waals surface area contributed by atoms with Crippen molar-refractivity contribution in [3.8, 4) is 0 Å². The predicted octanol–water partition coefficient (Wildman–Crippen LogP) is 2.27. The van der Waals surface area contributed by atoms with Crippen LogP contribution in [0.25, 0.3) is 0 Å². The summed E-state index contributed by atoms with van der Waals surface area (Å²) < 4.78 is 5.37. The molecule has 0 N–H and O–H groups in total. The van der Waals surface area contributed by atoms with Crippen molar-refractivity contribution in [2.24, 2.45) is 0 Å². The first-order chi connectivity index (χ1) is 10.2. The van der Waals surface area contributed by atoms with Crippen LogP contribution in [0.15, 0.2) is 24.3 Å². The van der Waals surface area contributed by atoms with E-state index in [1.165, 1.54) is 11.1 Å². The van der Waals surface area contributed by atoms with E-state index in [1.54, 1.807) is 0 Å². The highest BCUT2D eigenvalue weighted by Crippen LogP contribution is 2.35. The number of carbonyl (C=O) groups is 1. The molecule has 3 rings (SSSR count). The molecule has 22 heavy (non-hydrogen) atoms. The average molecular weight is 325 g/mol. The van der Waals surface area contributed by atoms with Crippen molar-refractivity contribution in [1.82, 2.24) is 9.80 Å². The van der Waals surface area contributed by atoms with Gasteiger partial charge in [0.2, 0.25) is 5.91 Å². The molecule has 5 heteroatoms. The molecule has 4 nitrogen and oxygen atoms in total. The Morgan fingerprint density at radius 3 is 2.73 bits per heavy atom. The number of nitrogens with zero attached hydrogens (tertiary/aromatic N) is 2. The van der Waals surface area contributed by atoms with Crippen LogP contribution in [0.5, 0.6) is 0 Å². The Morgan fingerprint density at radius 2 is 2.00 bits per heavy atom. The number of halogens is 1. The van der Waals surface area contributed by atoms with Crippen LogP contribution in [-0.4, -0.2) is 55.1 Å². The third-order valence-electron chi connectivity index (χ3n) is 4.87. The molecular formula is C17H25ClN2O2. The Labute approximate surface area is 138 Å². The van der Waals surface area contributed by atoms with Crippen molar-refractivity contribution in [2.75, 3.05) is 33.4 Å². The maximum absolute atomic E-state index is 12.8. The van der Waals surface area contributed by atoms with Crippen LogP contribution in [0, 0.1) is 0 Å². The molecule has 2 unspecified atom stereocenters. The molecule has 122 valence electrons. The smallest absolute Gasteiger partial charge is 0.239 e. The Kier molecular flexibility index (Phi) is 5.84. The quantitative estimate of drug-likeness (QED) is 0.855. The number of ether oxygens (including phenoxy) is 1. The van der Waals surface area contributed by atoms with Crippen LogP contribution < -0.4 is 0 Å². The van der Waals surface area contributed by atoms with Crippen LogP contribution in [0.2, 0.25) is 0 Å². The number of rotatable bonds is 3. The first-order valence-electron chi connectivity index (χ1n) is 7.85. The number of hydrogen-bond acceptors (Lipinski definition) is 3. The molecular weight excluding hydrogens is 300 g/mol. The van der Waals surface area contributed by atoms with Crippen molar-refractivity contribution in [3.05, 3.63) is 35.4 Å². The molecule has 0 bridgehead atoms. The van der Waals surface area contributed by atoms with Gasteiger partial charge >= 0.3 is 0 Å². The van der Waals surface area contributed by atoms with E-state index in [-0.39, 0.29) is 30.4 Å². The van der Waals surface area contributed by atoms with E-state index in [2.05, 4.69) is 29.2 Å². The molecule has 1 aromatic rings. The average Bonchev–Trinajstić information content (AvgIpc) is 2.97. The van der Waals surface area contributed by atoms with Gasteiger partial charge in [0.25, 0.3) is 0 Å². The SMILES string of the molecule is CC(C(=O)N(C)C1CCc2ccccc21)N1CCOCC1.Cl. The lowest BCUT2D eigenvalue weighted by atomic mass is 10.1. The monoisotopic (exact) mass is 324 g/mol. The number of likely N-dealkylation sites (N-methyl/N-ethyl adjacent to an activating group) is 1. The summed E-state index contributed by atoms with van der Waals surface area (Å²) in [6.45, 7) is 5.18. The number of morpholine rings is 1. The summed E-state index contributed by atoms with van der Waals surface area (Å²) in [4.78, 5) is 17.0. The highest BCUT2D eigenvalue weighted by atomic mass is 35.5. The molecule has 1 aliphatic carbocycles. The number of carbonyl (C=O) groups excluding carboxylic acids is 1. The lowest BCUT2D eigenvalue weighted by molar-refractivity contribution is -0.139. The summed E-state index contributed by atoms with van der Waals surface area (Å²) in [5, 5.41) is 0. The van der Waals surface area contributed by atoms with E-state index in [0.29, 0.717) is 0 Å². The molecule has 2 aliphatic rings. The second-order valence-corrected chi connectivity index (χ2v) is 6.03. The molecule has 1 aromatic carbocycles. The zero-order valence-corrected chi connectivity index (χ0v) is 14.1. The Balaban J connectivity index is 0.00000176. The molecule has 0 aromatic heterocycles. The van der Waals surface area contributed by atoms with Gasteiger partial charge in [-0.15, -0.1) is 12.4 Å². The summed E-state index contributed by atoms with van der Waals surface area (Å²) >= 11 is 0. The van der Waals surface area contributed by atoms with Gasteiger partial charge in [-0.2, -0.15) is 0 Å². The van der Waals surface area contributed by atoms with Crippen molar-refractivity contribution in [3.63, 3.8) is 0 Å². The van der Waals surface area contributed by atoms with Gasteiger partial charge < -0.3 is 9.64 Å². The fraction of sp³-hybridized carbons (Fsp3) is 0.588. The minimum atomic E-state index is -0.0633. The highest BCUT2D eigenvalue weighted by Gasteiger charge is 2.32. The number of fused-ring (bicyclic) bond motifs is 1. The first kappa shape index (κ1) is 17.3. The zero-order valence-electron chi connectivity index (χ0n) is 13.3. The minimum absolute atomic E-state index is 0. The van der Waals surface area contributed by atoms with Crippen molar-refractivity contribution >= 4 is 18.3 Å². The molecule has 0 saturated carbocycles. The maximum atomic E-state index is 12.8. The fourth-order valence-corrected chi connectivity index (χ4v) is 3.51. The second-order valence-electron chi connectivity index (χ2n) is 6.03. The number of hydrogen-bond donors (Lipinski definition) is 0. The summed E-state index contributed by atoms with van der Waals surface area (Å²) in [5.74, 6) is 0.221. The molecule has 1 aliphatic heterocycles. The Bertz CT molecular complexity index is 517. The Hall–Kier alpha value is -1.10. The topological polar surface area (TPSA) is 32.8 Å². The lowest BCUT2D eigenvalue weighted by Crippen LogP contribution is -2.50. The predicted molar refractivity (Wildman–Crippen MR) is 89.4 cm³/mol. The second kappa shape index (κ2) is 7.44. The fourth-order valence-electron chi connectivity index (χ4n) is 3.51. The van der Waals surface area contributed by atoms with Crippen molar-refractivity contribution < 1.29 is 9.53 Å². The van der Waals surface area contributed by atoms with Crippen LogP contribution in [-0.2, 0) is 16.0 Å². The molecule has 2 atom stereocenters. The lowest BCUT2D eigenvalue weighted by Gasteiger charge is -2.35. The molecule has 1 heterocycles. The summed E-state index contributed by atoms with van der Waals surface area (Å²) in [6.07, 6.45) is 2.11. The largest absolute Gasteiger partial charge is 0.379 e. The van der Waals surface area contributed by atoms with Crippen LogP contribution in [0.3, 0.4) is 0 Å².